The van der Waals surface area contributed by atoms with Gasteiger partial charge in [-0.05, 0) is 25.8 Å². The minimum atomic E-state index is -0.888. The second kappa shape index (κ2) is 4.20. The Morgan fingerprint density at radius 2 is 2.05 bits per heavy atom. The van der Waals surface area contributed by atoms with Crippen molar-refractivity contribution in [3.8, 4) is 0 Å². The number of nitrogens with zero attached hydrogens (tertiary/aromatic N) is 1. The summed E-state index contributed by atoms with van der Waals surface area (Å²) < 4.78 is 0. The lowest BCUT2D eigenvalue weighted by Gasteiger charge is -2.35. The predicted octanol–water partition coefficient (Wildman–Crippen LogP) is 2.76. The second-order valence-corrected chi connectivity index (χ2v) is 5.80. The van der Waals surface area contributed by atoms with Crippen molar-refractivity contribution in [2.24, 2.45) is 5.41 Å². The highest BCUT2D eigenvalue weighted by molar-refractivity contribution is 6.09. The van der Waals surface area contributed by atoms with Crippen LogP contribution in [0.25, 0.3) is 5.70 Å². The van der Waals surface area contributed by atoms with Gasteiger partial charge in [-0.3, -0.25) is 9.59 Å². The summed E-state index contributed by atoms with van der Waals surface area (Å²) in [6.07, 6.45) is 2.13. The Labute approximate surface area is 117 Å². The number of hydrogen-bond donors (Lipinski definition) is 1. The Morgan fingerprint density at radius 1 is 1.40 bits per heavy atom. The van der Waals surface area contributed by atoms with Crippen LogP contribution in [0.4, 0.5) is 0 Å². The molecule has 1 aliphatic carbocycles. The van der Waals surface area contributed by atoms with E-state index in [4.69, 9.17) is 0 Å². The van der Waals surface area contributed by atoms with E-state index in [1.54, 1.807) is 17.9 Å². The molecule has 3 rings (SSSR count). The van der Waals surface area contributed by atoms with Crippen molar-refractivity contribution < 1.29 is 14.7 Å². The van der Waals surface area contributed by atoms with E-state index in [2.05, 4.69) is 6.58 Å². The molecule has 4 nitrogen and oxygen atoms in total. The summed E-state index contributed by atoms with van der Waals surface area (Å²) >= 11 is 0. The van der Waals surface area contributed by atoms with Gasteiger partial charge in [-0.15, -0.1) is 0 Å². The van der Waals surface area contributed by atoms with Crippen LogP contribution in [0.3, 0.4) is 0 Å². The van der Waals surface area contributed by atoms with Crippen molar-refractivity contribution in [1.29, 1.82) is 0 Å². The van der Waals surface area contributed by atoms with Crippen LogP contribution in [0, 0.1) is 5.41 Å². The van der Waals surface area contributed by atoms with Gasteiger partial charge in [-0.1, -0.05) is 31.2 Å². The van der Waals surface area contributed by atoms with Crippen molar-refractivity contribution in [2.75, 3.05) is 0 Å². The average molecular weight is 271 g/mol. The summed E-state index contributed by atoms with van der Waals surface area (Å²) in [5, 5.41) is 9.53. The van der Waals surface area contributed by atoms with Crippen molar-refractivity contribution in [2.45, 2.75) is 32.2 Å². The van der Waals surface area contributed by atoms with Crippen molar-refractivity contribution >= 4 is 17.6 Å². The van der Waals surface area contributed by atoms with Crippen molar-refractivity contribution in [1.82, 2.24) is 4.90 Å². The summed E-state index contributed by atoms with van der Waals surface area (Å²) in [5.74, 6) is -0.957. The fourth-order valence-electron chi connectivity index (χ4n) is 3.44. The van der Waals surface area contributed by atoms with E-state index in [-0.39, 0.29) is 11.9 Å². The molecular formula is C16H17NO3. The molecule has 4 heteroatoms. The zero-order chi connectivity index (χ0) is 14.5. The molecule has 1 amide bonds. The number of carboxylic acid groups (broad SMARTS) is 1. The summed E-state index contributed by atoms with van der Waals surface area (Å²) in [4.78, 5) is 25.8. The Hall–Kier alpha value is -2.10. The third-order valence-electron chi connectivity index (χ3n) is 4.69. The number of carbonyl (C=O) groups excluding carboxylic acids is 1. The van der Waals surface area contributed by atoms with E-state index >= 15 is 0 Å². The van der Waals surface area contributed by atoms with E-state index in [1.165, 1.54) is 0 Å². The molecule has 0 saturated heterocycles. The molecule has 0 radical (unpaired) electrons. The highest BCUT2D eigenvalue weighted by atomic mass is 16.4. The molecule has 1 fully saturated rings. The Morgan fingerprint density at radius 3 is 2.65 bits per heavy atom. The van der Waals surface area contributed by atoms with E-state index in [1.807, 2.05) is 18.2 Å². The quantitative estimate of drug-likeness (QED) is 0.899. The molecule has 1 aromatic carbocycles. The van der Waals surface area contributed by atoms with E-state index in [0.29, 0.717) is 24.1 Å². The Bertz CT molecular complexity index is 587. The first-order chi connectivity index (χ1) is 9.47. The lowest BCUT2D eigenvalue weighted by atomic mass is 9.84. The minimum Gasteiger partial charge on any atom is -0.481 e. The number of rotatable bonds is 2. The number of fused-ring (bicyclic) bond motifs is 1. The van der Waals surface area contributed by atoms with Crippen LogP contribution in [0.1, 0.15) is 42.1 Å². The van der Waals surface area contributed by atoms with Crippen LogP contribution in [-0.4, -0.2) is 27.9 Å². The van der Waals surface area contributed by atoms with E-state index in [9.17, 15) is 14.7 Å². The molecule has 20 heavy (non-hydrogen) atoms. The van der Waals surface area contributed by atoms with Gasteiger partial charge < -0.3 is 10.0 Å². The normalized spacial score (nSPS) is 28.9. The van der Waals surface area contributed by atoms with Crippen LogP contribution in [-0.2, 0) is 4.79 Å². The molecule has 2 atom stereocenters. The van der Waals surface area contributed by atoms with Crippen LogP contribution < -0.4 is 0 Å². The first-order valence-corrected chi connectivity index (χ1v) is 6.82. The first kappa shape index (κ1) is 12.9. The fourth-order valence-corrected chi connectivity index (χ4v) is 3.44. The monoisotopic (exact) mass is 271 g/mol. The maximum absolute atomic E-state index is 12.6. The van der Waals surface area contributed by atoms with Gasteiger partial charge in [-0.2, -0.15) is 0 Å². The number of aliphatic carboxylic acids is 1. The summed E-state index contributed by atoms with van der Waals surface area (Å²) in [5.41, 5.74) is 1.18. The van der Waals surface area contributed by atoms with E-state index in [0.717, 1.165) is 12.0 Å². The molecule has 1 aliphatic heterocycles. The fraction of sp³-hybridized carbons (Fsp3) is 0.375. The number of benzene rings is 1. The molecule has 2 unspecified atom stereocenters. The van der Waals surface area contributed by atoms with Gasteiger partial charge in [0, 0.05) is 16.8 Å². The highest BCUT2D eigenvalue weighted by Crippen LogP contribution is 2.46. The Kier molecular flexibility index (Phi) is 2.71. The zero-order valence-corrected chi connectivity index (χ0v) is 11.4. The van der Waals surface area contributed by atoms with Gasteiger partial charge in [0.05, 0.1) is 11.5 Å². The van der Waals surface area contributed by atoms with E-state index < -0.39 is 11.4 Å². The summed E-state index contributed by atoms with van der Waals surface area (Å²) in [7, 11) is 0. The first-order valence-electron chi connectivity index (χ1n) is 6.82. The lowest BCUT2D eigenvalue weighted by molar-refractivity contribution is -0.149. The molecule has 0 bridgehead atoms. The molecule has 1 heterocycles. The van der Waals surface area contributed by atoms with Gasteiger partial charge >= 0.3 is 5.97 Å². The Balaban J connectivity index is 2.03. The van der Waals surface area contributed by atoms with Crippen LogP contribution in [0.2, 0.25) is 0 Å². The third kappa shape index (κ3) is 1.54. The molecular weight excluding hydrogens is 254 g/mol. The van der Waals surface area contributed by atoms with Crippen molar-refractivity contribution in [3.63, 3.8) is 0 Å². The molecule has 0 aromatic heterocycles. The average Bonchev–Trinajstić information content (AvgIpc) is 2.92. The molecule has 1 aromatic rings. The maximum Gasteiger partial charge on any atom is 0.311 e. The molecule has 1 saturated carbocycles. The number of hydrogen-bond acceptors (Lipinski definition) is 2. The molecule has 0 spiro atoms. The summed E-state index contributed by atoms with van der Waals surface area (Å²) in [6.45, 7) is 5.74. The lowest BCUT2D eigenvalue weighted by Crippen LogP contribution is -2.46. The van der Waals surface area contributed by atoms with Gasteiger partial charge in [0.15, 0.2) is 0 Å². The number of amides is 1. The van der Waals surface area contributed by atoms with Gasteiger partial charge in [-0.25, -0.2) is 0 Å². The molecule has 104 valence electrons. The largest absolute Gasteiger partial charge is 0.481 e. The SMILES string of the molecule is C=C1c2ccccc2C(=O)N1C1CCCC1(C)C(=O)O. The van der Waals surface area contributed by atoms with Gasteiger partial charge in [0.25, 0.3) is 5.91 Å². The molecule has 1 N–H and O–H groups in total. The van der Waals surface area contributed by atoms with Crippen LogP contribution in [0.15, 0.2) is 30.8 Å². The topological polar surface area (TPSA) is 57.6 Å². The standard InChI is InChI=1S/C16H17NO3/c1-10-11-6-3-4-7-12(11)14(18)17(10)13-8-5-9-16(13,2)15(19)20/h3-4,6-7,13H,1,5,8-9H2,2H3,(H,19,20). The van der Waals surface area contributed by atoms with Crippen molar-refractivity contribution in [3.05, 3.63) is 42.0 Å². The molecule has 2 aliphatic rings. The predicted molar refractivity (Wildman–Crippen MR) is 75.0 cm³/mol. The highest BCUT2D eigenvalue weighted by Gasteiger charge is 2.51. The maximum atomic E-state index is 12.6. The van der Waals surface area contributed by atoms with Crippen LogP contribution >= 0.6 is 0 Å². The van der Waals surface area contributed by atoms with Gasteiger partial charge in [0.2, 0.25) is 0 Å². The summed E-state index contributed by atoms with van der Waals surface area (Å²) in [6, 6.07) is 7.01. The number of carbonyl (C=O) groups is 2. The van der Waals surface area contributed by atoms with Crippen LogP contribution in [0.5, 0.6) is 0 Å². The van der Waals surface area contributed by atoms with Gasteiger partial charge in [0.1, 0.15) is 0 Å². The zero-order valence-electron chi connectivity index (χ0n) is 11.4. The second-order valence-electron chi connectivity index (χ2n) is 5.80. The minimum absolute atomic E-state index is 0.120. The smallest absolute Gasteiger partial charge is 0.311 e. The third-order valence-corrected chi connectivity index (χ3v) is 4.69. The number of carboxylic acids is 1.